The molecule has 4 fully saturated rings. The minimum Gasteiger partial charge on any atom is -1.00 e. The summed E-state index contributed by atoms with van der Waals surface area (Å²) < 4.78 is 12.9. The van der Waals surface area contributed by atoms with Crippen LogP contribution in [0.15, 0.2) is 119 Å². The molecule has 1 aromatic heterocycles. The summed E-state index contributed by atoms with van der Waals surface area (Å²) in [5.41, 5.74) is 5.19. The fraction of sp³-hybridized carbons (Fsp3) is 0.306. The predicted octanol–water partition coefficient (Wildman–Crippen LogP) is -3.00. The predicted molar refractivity (Wildman–Crippen MR) is 178 cm³/mol. The average molecular weight is 825 g/mol. The van der Waals surface area contributed by atoms with E-state index in [1.165, 1.54) is 55.5 Å². The standard InChI is InChI=1S/C23H19N3O2.C13H19N3P.3ClH.Ru/c1-3-8-16(9-4-1)20-14-27-22(25-20)18-12-7-13-19(24-18)23-26-21(15-28-23)17-10-5-2-6-11-17;1-2-4-13(5-3-1)6-16-8-14-7-15(9-16)11-17(10-14)12-16;;;;/h1-13,20-21H,14-15H2;1-5H,6-12H2;3*1H;/q;+1;;;;+2/p-3/t20-,21-;;;;;/m0...../s1. The number of benzene rings is 3. The molecule has 7 heterocycles. The van der Waals surface area contributed by atoms with E-state index in [4.69, 9.17) is 19.5 Å². The molecule has 49 heavy (non-hydrogen) atoms. The van der Waals surface area contributed by atoms with E-state index >= 15 is 0 Å². The maximum atomic E-state index is 5.82. The van der Waals surface area contributed by atoms with Gasteiger partial charge in [-0.3, -0.25) is 4.48 Å². The number of hydrogen-bond acceptors (Lipinski definition) is 7. The van der Waals surface area contributed by atoms with Gasteiger partial charge in [0, 0.05) is 18.1 Å². The zero-order valence-corrected chi connectivity index (χ0v) is 31.7. The van der Waals surface area contributed by atoms with E-state index in [0.29, 0.717) is 36.4 Å². The van der Waals surface area contributed by atoms with Gasteiger partial charge in [0.25, 0.3) is 0 Å². The molecule has 0 amide bonds. The molecule has 6 aliphatic rings. The molecule has 4 saturated heterocycles. The number of pyridine rings is 1. The summed E-state index contributed by atoms with van der Waals surface area (Å²) in [6.45, 7) is 6.08. The first kappa shape index (κ1) is 39.3. The SMILES string of the molecule is [Cl-].[Cl-].[Cl-].[Ru+2].c1ccc(C[N+]23CN4CN(CP(C4)C2)C3)cc1.c1ccc([C@@H]2COC(c3cccc(C4=N[C@H](c5ccccc5)CO4)n3)=N2)cc1. The first-order valence-corrected chi connectivity index (χ1v) is 17.6. The summed E-state index contributed by atoms with van der Waals surface area (Å²) in [6, 6.07) is 37.1. The normalized spacial score (nSPS) is 26.8. The molecule has 0 radical (unpaired) electrons. The van der Waals surface area contributed by atoms with Crippen molar-refractivity contribution in [1.29, 1.82) is 0 Å². The van der Waals surface area contributed by atoms with Crippen LogP contribution in [0.1, 0.15) is 40.2 Å². The molecule has 2 unspecified atom stereocenters. The molecule has 3 aromatic carbocycles. The van der Waals surface area contributed by atoms with Crippen molar-refractivity contribution in [3.8, 4) is 0 Å². The largest absolute Gasteiger partial charge is 2.00 e. The van der Waals surface area contributed by atoms with Crippen LogP contribution in [0.4, 0.5) is 0 Å². The van der Waals surface area contributed by atoms with Crippen molar-refractivity contribution >= 4 is 19.7 Å². The second kappa shape index (κ2) is 17.7. The fourth-order valence-electron chi connectivity index (χ4n) is 7.17. The number of hydrogen-bond donors (Lipinski definition) is 0. The minimum absolute atomic E-state index is 0. The number of halogens is 3. The molecule has 4 atom stereocenters. The molecule has 258 valence electrons. The molecule has 6 aliphatic heterocycles. The smallest absolute Gasteiger partial charge is 1.00 e. The van der Waals surface area contributed by atoms with Crippen molar-refractivity contribution in [2.45, 2.75) is 18.6 Å². The first-order chi connectivity index (χ1) is 22.2. The molecule has 4 bridgehead atoms. The maximum absolute atomic E-state index is 5.82. The van der Waals surface area contributed by atoms with Crippen LogP contribution in [-0.2, 0) is 35.5 Å². The van der Waals surface area contributed by atoms with Gasteiger partial charge in [-0.15, -0.1) is 0 Å². The Labute approximate surface area is 321 Å². The second-order valence-electron chi connectivity index (χ2n) is 12.6. The van der Waals surface area contributed by atoms with Gasteiger partial charge in [0.05, 0.1) is 6.67 Å². The van der Waals surface area contributed by atoms with Gasteiger partial charge in [-0.25, -0.2) is 24.8 Å². The van der Waals surface area contributed by atoms with Crippen molar-refractivity contribution < 1.29 is 70.7 Å². The molecule has 4 aromatic rings. The summed E-state index contributed by atoms with van der Waals surface area (Å²) in [5, 5.41) is 0. The van der Waals surface area contributed by atoms with Crippen molar-refractivity contribution in [1.82, 2.24) is 14.8 Å². The van der Waals surface area contributed by atoms with Crippen molar-refractivity contribution in [3.63, 3.8) is 0 Å². The number of aromatic nitrogens is 1. The van der Waals surface area contributed by atoms with Gasteiger partial charge in [0.1, 0.15) is 62.9 Å². The van der Waals surface area contributed by atoms with Gasteiger partial charge in [-0.2, -0.15) is 0 Å². The second-order valence-corrected chi connectivity index (χ2v) is 14.8. The molecular formula is C36H38Cl3N6O2PRu. The Balaban J connectivity index is 0.000000223. The fourth-order valence-corrected chi connectivity index (χ4v) is 10.1. The monoisotopic (exact) mass is 824 g/mol. The van der Waals surface area contributed by atoms with E-state index in [0.717, 1.165) is 11.1 Å². The van der Waals surface area contributed by atoms with Gasteiger partial charge in [-0.1, -0.05) is 97.1 Å². The van der Waals surface area contributed by atoms with Crippen LogP contribution in [0, 0.1) is 0 Å². The van der Waals surface area contributed by atoms with Crippen LogP contribution in [0.3, 0.4) is 0 Å². The van der Waals surface area contributed by atoms with Gasteiger partial charge in [0.15, 0.2) is 0 Å². The number of quaternary nitrogens is 1. The summed E-state index contributed by atoms with van der Waals surface area (Å²) in [4.78, 5) is 19.4. The van der Waals surface area contributed by atoms with E-state index in [2.05, 4.69) is 69.4 Å². The first-order valence-electron chi connectivity index (χ1n) is 15.7. The van der Waals surface area contributed by atoms with Gasteiger partial charge < -0.3 is 46.7 Å². The van der Waals surface area contributed by atoms with Gasteiger partial charge >= 0.3 is 19.5 Å². The zero-order valence-electron chi connectivity index (χ0n) is 26.8. The van der Waals surface area contributed by atoms with Crippen LogP contribution in [-0.4, -0.2) is 83.1 Å². The quantitative estimate of drug-likeness (QED) is 0.118. The summed E-state index contributed by atoms with van der Waals surface area (Å²) in [5.74, 6) is 1.13. The van der Waals surface area contributed by atoms with Crippen molar-refractivity contribution in [2.75, 3.05) is 52.1 Å². The third-order valence-corrected chi connectivity index (χ3v) is 11.5. The van der Waals surface area contributed by atoms with E-state index in [1.807, 2.05) is 54.6 Å². The third kappa shape index (κ3) is 9.08. The average Bonchev–Trinajstić information content (AvgIpc) is 3.77. The van der Waals surface area contributed by atoms with Crippen LogP contribution >= 0.6 is 7.92 Å². The Morgan fingerprint density at radius 2 is 1.10 bits per heavy atom. The molecular weight excluding hydrogens is 787 g/mol. The molecule has 0 N–H and O–H groups in total. The van der Waals surface area contributed by atoms with E-state index in [-0.39, 0.29) is 76.7 Å². The molecule has 0 saturated carbocycles. The Hall–Kier alpha value is -2.45. The Morgan fingerprint density at radius 3 is 1.57 bits per heavy atom. The van der Waals surface area contributed by atoms with E-state index in [1.54, 1.807) is 0 Å². The zero-order chi connectivity index (χ0) is 30.1. The maximum Gasteiger partial charge on any atom is 2.00 e. The Morgan fingerprint density at radius 1 is 0.633 bits per heavy atom. The Bertz CT molecular complexity index is 1590. The summed E-state index contributed by atoms with van der Waals surface area (Å²) >= 11 is 0. The third-order valence-electron chi connectivity index (χ3n) is 8.92. The molecule has 13 heteroatoms. The number of aliphatic imine (C=N–C) groups is 2. The number of ether oxygens (including phenoxy) is 2. The molecule has 8 nitrogen and oxygen atoms in total. The Kier molecular flexibility index (Phi) is 14.2. The van der Waals surface area contributed by atoms with Gasteiger partial charge in [-0.05, 0) is 31.2 Å². The number of rotatable bonds is 6. The van der Waals surface area contributed by atoms with E-state index < -0.39 is 0 Å². The van der Waals surface area contributed by atoms with E-state index in [9.17, 15) is 0 Å². The van der Waals surface area contributed by atoms with Crippen LogP contribution in [0.5, 0.6) is 0 Å². The van der Waals surface area contributed by atoms with Crippen LogP contribution < -0.4 is 37.2 Å². The van der Waals surface area contributed by atoms with Crippen LogP contribution in [0.2, 0.25) is 0 Å². The van der Waals surface area contributed by atoms with Crippen LogP contribution in [0.25, 0.3) is 0 Å². The topological polar surface area (TPSA) is 62.5 Å². The summed E-state index contributed by atoms with van der Waals surface area (Å²) in [6.07, 6.45) is 4.26. The molecule has 10 rings (SSSR count). The molecule has 0 spiro atoms. The summed E-state index contributed by atoms with van der Waals surface area (Å²) in [7, 11) is 0.268. The minimum atomic E-state index is 0. The van der Waals surface area contributed by atoms with Gasteiger partial charge in [0.2, 0.25) is 11.8 Å². The van der Waals surface area contributed by atoms with Crippen molar-refractivity contribution in [2.24, 2.45) is 9.98 Å². The molecule has 0 aliphatic carbocycles. The van der Waals surface area contributed by atoms with Crippen molar-refractivity contribution in [3.05, 3.63) is 137 Å². The number of nitrogens with zero attached hydrogens (tertiary/aromatic N) is 6.